The van der Waals surface area contributed by atoms with Gasteiger partial charge in [0.15, 0.2) is 5.96 Å². The zero-order valence-electron chi connectivity index (χ0n) is 15.6. The maximum atomic E-state index is 4.41. The van der Waals surface area contributed by atoms with Crippen LogP contribution in [0.25, 0.3) is 0 Å². The predicted molar refractivity (Wildman–Crippen MR) is 106 cm³/mol. The molecule has 25 heavy (non-hydrogen) atoms. The summed E-state index contributed by atoms with van der Waals surface area (Å²) in [4.78, 5) is 9.44. The first-order chi connectivity index (χ1) is 12.3. The van der Waals surface area contributed by atoms with Gasteiger partial charge in [-0.3, -0.25) is 4.99 Å². The number of anilines is 1. The number of hydrogen-bond acceptors (Lipinski definition) is 3. The van der Waals surface area contributed by atoms with Gasteiger partial charge >= 0.3 is 0 Å². The summed E-state index contributed by atoms with van der Waals surface area (Å²) in [7, 11) is 1.87. The van der Waals surface area contributed by atoms with Crippen molar-refractivity contribution in [3.05, 3.63) is 30.3 Å². The van der Waals surface area contributed by atoms with Crippen LogP contribution in [0.1, 0.15) is 32.1 Å². The van der Waals surface area contributed by atoms with Crippen LogP contribution in [0.4, 0.5) is 5.69 Å². The average molecular weight is 344 g/mol. The van der Waals surface area contributed by atoms with E-state index in [-0.39, 0.29) is 0 Å². The lowest BCUT2D eigenvalue weighted by molar-refractivity contribution is 0.289. The molecule has 1 aromatic carbocycles. The van der Waals surface area contributed by atoms with Crippen LogP contribution in [0, 0.1) is 0 Å². The van der Waals surface area contributed by atoms with Gasteiger partial charge in [-0.25, -0.2) is 0 Å². The highest BCUT2D eigenvalue weighted by molar-refractivity contribution is 5.80. The second-order valence-corrected chi connectivity index (χ2v) is 7.17. The number of para-hydroxylation sites is 1. The highest BCUT2D eigenvalue weighted by Gasteiger charge is 2.23. The maximum absolute atomic E-state index is 4.41. The third-order valence-electron chi connectivity index (χ3n) is 5.29. The molecule has 0 amide bonds. The van der Waals surface area contributed by atoms with Crippen molar-refractivity contribution in [2.75, 3.05) is 51.2 Å². The van der Waals surface area contributed by atoms with Crippen molar-refractivity contribution in [2.24, 2.45) is 4.99 Å². The SMILES string of the molecule is CN=C(NCCN1CCCCCC1)NC1CCN(c2ccccc2)C1. The third kappa shape index (κ3) is 5.63. The Morgan fingerprint density at radius 1 is 1.08 bits per heavy atom. The van der Waals surface area contributed by atoms with E-state index >= 15 is 0 Å². The summed E-state index contributed by atoms with van der Waals surface area (Å²) in [6.45, 7) is 6.73. The predicted octanol–water partition coefficient (Wildman–Crippen LogP) is 2.31. The third-order valence-corrected chi connectivity index (χ3v) is 5.29. The van der Waals surface area contributed by atoms with Gasteiger partial charge in [-0.05, 0) is 44.5 Å². The van der Waals surface area contributed by atoms with Crippen LogP contribution in [-0.2, 0) is 0 Å². The van der Waals surface area contributed by atoms with Crippen LogP contribution in [0.15, 0.2) is 35.3 Å². The fourth-order valence-corrected chi connectivity index (χ4v) is 3.83. The van der Waals surface area contributed by atoms with Crippen molar-refractivity contribution in [3.63, 3.8) is 0 Å². The van der Waals surface area contributed by atoms with Crippen LogP contribution >= 0.6 is 0 Å². The molecule has 2 fully saturated rings. The van der Waals surface area contributed by atoms with Gasteiger partial charge in [0.2, 0.25) is 0 Å². The zero-order valence-corrected chi connectivity index (χ0v) is 15.6. The van der Waals surface area contributed by atoms with Crippen molar-refractivity contribution < 1.29 is 0 Å². The van der Waals surface area contributed by atoms with E-state index in [0.717, 1.165) is 38.6 Å². The minimum Gasteiger partial charge on any atom is -0.369 e. The van der Waals surface area contributed by atoms with E-state index in [1.807, 2.05) is 7.05 Å². The van der Waals surface area contributed by atoms with Crippen molar-refractivity contribution in [1.82, 2.24) is 15.5 Å². The van der Waals surface area contributed by atoms with Crippen molar-refractivity contribution >= 4 is 11.6 Å². The smallest absolute Gasteiger partial charge is 0.191 e. The summed E-state index contributed by atoms with van der Waals surface area (Å²) in [5.74, 6) is 0.940. The monoisotopic (exact) mass is 343 g/mol. The lowest BCUT2D eigenvalue weighted by Gasteiger charge is -2.22. The molecule has 5 nitrogen and oxygen atoms in total. The van der Waals surface area contributed by atoms with Gasteiger partial charge < -0.3 is 20.4 Å². The maximum Gasteiger partial charge on any atom is 0.191 e. The number of nitrogens with one attached hydrogen (secondary N) is 2. The quantitative estimate of drug-likeness (QED) is 0.636. The number of guanidine groups is 1. The van der Waals surface area contributed by atoms with Gasteiger partial charge in [0, 0.05) is 45.0 Å². The number of nitrogens with zero attached hydrogens (tertiary/aromatic N) is 3. The Kier molecular flexibility index (Phi) is 6.98. The Morgan fingerprint density at radius 2 is 1.84 bits per heavy atom. The normalized spacial score (nSPS) is 22.7. The molecule has 138 valence electrons. The minimum absolute atomic E-state index is 0.463. The Labute approximate surface area is 152 Å². The molecule has 2 saturated heterocycles. The molecule has 1 aromatic rings. The van der Waals surface area contributed by atoms with Crippen LogP contribution < -0.4 is 15.5 Å². The summed E-state index contributed by atoms with van der Waals surface area (Å²) >= 11 is 0. The van der Waals surface area contributed by atoms with E-state index in [0.29, 0.717) is 6.04 Å². The number of hydrogen-bond donors (Lipinski definition) is 2. The zero-order chi connectivity index (χ0) is 17.3. The summed E-state index contributed by atoms with van der Waals surface area (Å²) < 4.78 is 0. The molecule has 0 bridgehead atoms. The molecule has 5 heteroatoms. The van der Waals surface area contributed by atoms with Crippen LogP contribution in [0.3, 0.4) is 0 Å². The molecule has 3 rings (SSSR count). The van der Waals surface area contributed by atoms with Gasteiger partial charge in [0.25, 0.3) is 0 Å². The van der Waals surface area contributed by atoms with Gasteiger partial charge in [0.05, 0.1) is 0 Å². The lowest BCUT2D eigenvalue weighted by Crippen LogP contribution is -2.46. The molecule has 0 aromatic heterocycles. The Hall–Kier alpha value is -1.75. The Morgan fingerprint density at radius 3 is 2.56 bits per heavy atom. The first-order valence-electron chi connectivity index (χ1n) is 9.84. The van der Waals surface area contributed by atoms with Gasteiger partial charge in [-0.1, -0.05) is 31.0 Å². The van der Waals surface area contributed by atoms with E-state index in [9.17, 15) is 0 Å². The van der Waals surface area contributed by atoms with E-state index in [4.69, 9.17) is 0 Å². The topological polar surface area (TPSA) is 42.9 Å². The molecule has 1 unspecified atom stereocenters. The summed E-state index contributed by atoms with van der Waals surface area (Å²) in [5.41, 5.74) is 1.32. The van der Waals surface area contributed by atoms with Crippen molar-refractivity contribution in [2.45, 2.75) is 38.1 Å². The first kappa shape index (κ1) is 18.1. The first-order valence-corrected chi connectivity index (χ1v) is 9.84. The van der Waals surface area contributed by atoms with Crippen LogP contribution in [0.2, 0.25) is 0 Å². The largest absolute Gasteiger partial charge is 0.369 e. The average Bonchev–Trinajstić information content (AvgIpc) is 2.96. The highest BCUT2D eigenvalue weighted by Crippen LogP contribution is 2.19. The summed E-state index contributed by atoms with van der Waals surface area (Å²) in [5, 5.41) is 7.09. The number of rotatable bonds is 5. The van der Waals surface area contributed by atoms with E-state index in [2.05, 4.69) is 55.8 Å². The fourth-order valence-electron chi connectivity index (χ4n) is 3.83. The standard InChI is InChI=1S/C20H33N5/c1-21-20(22-12-16-24-13-7-2-3-8-14-24)23-18-11-15-25(17-18)19-9-5-4-6-10-19/h4-6,9-10,18H,2-3,7-8,11-17H2,1H3,(H2,21,22,23). The lowest BCUT2D eigenvalue weighted by atomic mass is 10.2. The van der Waals surface area contributed by atoms with Gasteiger partial charge in [-0.2, -0.15) is 0 Å². The summed E-state index contributed by atoms with van der Waals surface area (Å²) in [6, 6.07) is 11.1. The van der Waals surface area contributed by atoms with Crippen LogP contribution in [0.5, 0.6) is 0 Å². The molecule has 0 radical (unpaired) electrons. The van der Waals surface area contributed by atoms with E-state index in [1.54, 1.807) is 0 Å². The molecule has 1 atom stereocenters. The fraction of sp³-hybridized carbons (Fsp3) is 0.650. The summed E-state index contributed by atoms with van der Waals surface area (Å²) in [6.07, 6.45) is 6.65. The minimum atomic E-state index is 0.463. The Balaban J connectivity index is 1.39. The highest BCUT2D eigenvalue weighted by atomic mass is 15.3. The van der Waals surface area contributed by atoms with Crippen LogP contribution in [-0.4, -0.2) is 63.2 Å². The van der Waals surface area contributed by atoms with Gasteiger partial charge in [0.1, 0.15) is 0 Å². The molecular weight excluding hydrogens is 310 g/mol. The van der Waals surface area contributed by atoms with Gasteiger partial charge in [-0.15, -0.1) is 0 Å². The van der Waals surface area contributed by atoms with Crippen molar-refractivity contribution in [1.29, 1.82) is 0 Å². The molecule has 2 aliphatic rings. The van der Waals surface area contributed by atoms with E-state index in [1.165, 1.54) is 44.5 Å². The molecule has 2 N–H and O–H groups in total. The molecule has 2 heterocycles. The number of benzene rings is 1. The second kappa shape index (κ2) is 9.66. The molecule has 2 aliphatic heterocycles. The molecule has 0 aliphatic carbocycles. The number of likely N-dealkylation sites (tertiary alicyclic amines) is 1. The van der Waals surface area contributed by atoms with E-state index < -0.39 is 0 Å². The molecular formula is C20H33N5. The van der Waals surface area contributed by atoms with Crippen molar-refractivity contribution in [3.8, 4) is 0 Å². The number of aliphatic imine (C=N–C) groups is 1. The molecule has 0 spiro atoms. The molecule has 0 saturated carbocycles. The Bertz CT molecular complexity index is 522. The second-order valence-electron chi connectivity index (χ2n) is 7.17.